The lowest BCUT2D eigenvalue weighted by Crippen LogP contribution is -2.27. The van der Waals surface area contributed by atoms with E-state index >= 15 is 0 Å². The number of hydrogen-bond acceptors (Lipinski definition) is 2. The molecule has 0 unspecified atom stereocenters. The lowest BCUT2D eigenvalue weighted by Gasteiger charge is -2.06. The molecule has 0 fully saturated rings. The van der Waals surface area contributed by atoms with Gasteiger partial charge in [0.15, 0.2) is 0 Å². The molecule has 2 aromatic carbocycles. The third-order valence-electron chi connectivity index (χ3n) is 3.59. The number of fused-ring (bicyclic) bond motifs is 1. The van der Waals surface area contributed by atoms with Crippen LogP contribution in [0.2, 0.25) is 5.02 Å². The fourth-order valence-corrected chi connectivity index (χ4v) is 2.56. The van der Waals surface area contributed by atoms with Gasteiger partial charge in [-0.3, -0.25) is 4.79 Å². The molecule has 1 amide bonds. The van der Waals surface area contributed by atoms with Crippen LogP contribution >= 0.6 is 11.6 Å². The molecule has 0 aliphatic carbocycles. The van der Waals surface area contributed by atoms with E-state index in [1.807, 2.05) is 30.3 Å². The van der Waals surface area contributed by atoms with E-state index in [1.54, 1.807) is 12.1 Å². The topological polar surface area (TPSA) is 77.8 Å². The van der Waals surface area contributed by atoms with E-state index in [4.69, 9.17) is 11.6 Å². The van der Waals surface area contributed by atoms with Gasteiger partial charge in [-0.25, -0.2) is 4.79 Å². The van der Waals surface area contributed by atoms with E-state index < -0.39 is 0 Å². The average Bonchev–Trinajstić information content (AvgIpc) is 2.89. The highest BCUT2D eigenvalue weighted by Gasteiger charge is 2.04. The smallest absolute Gasteiger partial charge is 0.323 e. The summed E-state index contributed by atoms with van der Waals surface area (Å²) in [4.78, 5) is 28.6. The van der Waals surface area contributed by atoms with Crippen LogP contribution in [-0.2, 0) is 17.6 Å². The normalized spacial score (nSPS) is 10.8. The molecular formula is C17H16ClN3O2. The van der Waals surface area contributed by atoms with E-state index in [0.29, 0.717) is 24.4 Å². The summed E-state index contributed by atoms with van der Waals surface area (Å²) in [5.41, 5.74) is 3.33. The zero-order chi connectivity index (χ0) is 16.2. The number of benzene rings is 2. The van der Waals surface area contributed by atoms with Crippen molar-refractivity contribution in [3.8, 4) is 0 Å². The van der Waals surface area contributed by atoms with Gasteiger partial charge in [0.05, 0.1) is 17.5 Å². The number of aromatic nitrogens is 2. The summed E-state index contributed by atoms with van der Waals surface area (Å²) in [7, 11) is 0. The summed E-state index contributed by atoms with van der Waals surface area (Å²) in [6.07, 6.45) is 1.04. The highest BCUT2D eigenvalue weighted by atomic mass is 35.5. The minimum absolute atomic E-state index is 0.0246. The Bertz CT molecular complexity index is 881. The fraction of sp³-hybridized carbons (Fsp3) is 0.176. The van der Waals surface area contributed by atoms with Crippen molar-refractivity contribution in [2.45, 2.75) is 12.8 Å². The Morgan fingerprint density at radius 2 is 1.70 bits per heavy atom. The molecule has 118 valence electrons. The molecule has 3 rings (SSSR count). The van der Waals surface area contributed by atoms with Crippen molar-refractivity contribution in [3.05, 3.63) is 69.1 Å². The first-order chi connectivity index (χ1) is 11.1. The lowest BCUT2D eigenvalue weighted by molar-refractivity contribution is -0.120. The molecule has 0 spiro atoms. The van der Waals surface area contributed by atoms with Gasteiger partial charge in [-0.15, -0.1) is 0 Å². The molecule has 6 heteroatoms. The van der Waals surface area contributed by atoms with Crippen LogP contribution in [0.3, 0.4) is 0 Å². The minimum atomic E-state index is -0.214. The van der Waals surface area contributed by atoms with Gasteiger partial charge in [-0.2, -0.15) is 0 Å². The molecule has 3 N–H and O–H groups in total. The number of H-pyrrole nitrogens is 2. The third kappa shape index (κ3) is 4.02. The molecule has 5 nitrogen and oxygen atoms in total. The number of imidazole rings is 1. The fourth-order valence-electron chi connectivity index (χ4n) is 2.43. The number of halogens is 1. The van der Waals surface area contributed by atoms with Gasteiger partial charge < -0.3 is 15.3 Å². The van der Waals surface area contributed by atoms with Crippen LogP contribution in [0, 0.1) is 0 Å². The summed E-state index contributed by atoms with van der Waals surface area (Å²) in [5.74, 6) is -0.0246. The molecule has 0 bridgehead atoms. The van der Waals surface area contributed by atoms with Crippen LogP contribution < -0.4 is 11.0 Å². The van der Waals surface area contributed by atoms with Crippen LogP contribution in [0.4, 0.5) is 0 Å². The summed E-state index contributed by atoms with van der Waals surface area (Å²) in [6, 6.07) is 13.0. The van der Waals surface area contributed by atoms with E-state index in [0.717, 1.165) is 22.2 Å². The monoisotopic (exact) mass is 329 g/mol. The summed E-state index contributed by atoms with van der Waals surface area (Å²) >= 11 is 5.82. The zero-order valence-electron chi connectivity index (χ0n) is 12.4. The molecule has 0 aliphatic heterocycles. The van der Waals surface area contributed by atoms with Gasteiger partial charge in [-0.05, 0) is 41.8 Å². The Morgan fingerprint density at radius 3 is 2.48 bits per heavy atom. The van der Waals surface area contributed by atoms with Crippen molar-refractivity contribution in [2.75, 3.05) is 6.54 Å². The van der Waals surface area contributed by atoms with Crippen molar-refractivity contribution in [1.82, 2.24) is 15.3 Å². The minimum Gasteiger partial charge on any atom is -0.355 e. The maximum atomic E-state index is 11.9. The molecule has 1 aromatic heterocycles. The van der Waals surface area contributed by atoms with Crippen molar-refractivity contribution in [1.29, 1.82) is 0 Å². The van der Waals surface area contributed by atoms with Gasteiger partial charge in [0.25, 0.3) is 0 Å². The first kappa shape index (κ1) is 15.4. The van der Waals surface area contributed by atoms with E-state index in [9.17, 15) is 9.59 Å². The standard InChI is InChI=1S/C17H16ClN3O2/c18-13-4-1-11(2-5-13)10-16(22)19-8-7-12-3-6-14-15(9-12)21-17(23)20-14/h1-6,9H,7-8,10H2,(H,19,22)(H2,20,21,23). The third-order valence-corrected chi connectivity index (χ3v) is 3.85. The number of aromatic amines is 2. The number of carbonyl (C=O) groups excluding carboxylic acids is 1. The summed E-state index contributed by atoms with van der Waals surface area (Å²) in [5, 5.41) is 3.56. The second-order valence-electron chi connectivity index (χ2n) is 5.36. The van der Waals surface area contributed by atoms with Crippen molar-refractivity contribution < 1.29 is 4.79 Å². The first-order valence-electron chi connectivity index (χ1n) is 7.32. The van der Waals surface area contributed by atoms with E-state index in [-0.39, 0.29) is 11.6 Å². The van der Waals surface area contributed by atoms with Gasteiger partial charge in [0.1, 0.15) is 0 Å². The highest BCUT2D eigenvalue weighted by molar-refractivity contribution is 6.30. The molecule has 1 heterocycles. The Hall–Kier alpha value is -2.53. The lowest BCUT2D eigenvalue weighted by atomic mass is 10.1. The summed E-state index contributed by atoms with van der Waals surface area (Å²) in [6.45, 7) is 0.548. The van der Waals surface area contributed by atoms with Crippen molar-refractivity contribution >= 4 is 28.5 Å². The Morgan fingerprint density at radius 1 is 1.00 bits per heavy atom. The van der Waals surface area contributed by atoms with Gasteiger partial charge in [-0.1, -0.05) is 29.8 Å². The highest BCUT2D eigenvalue weighted by Crippen LogP contribution is 2.11. The van der Waals surface area contributed by atoms with E-state index in [1.165, 1.54) is 0 Å². The van der Waals surface area contributed by atoms with Gasteiger partial charge in [0, 0.05) is 11.6 Å². The molecule has 3 aromatic rings. The number of rotatable bonds is 5. The Kier molecular flexibility index (Phi) is 4.48. The van der Waals surface area contributed by atoms with Gasteiger partial charge >= 0.3 is 5.69 Å². The predicted molar refractivity (Wildman–Crippen MR) is 90.8 cm³/mol. The molecule has 0 atom stereocenters. The number of amides is 1. The van der Waals surface area contributed by atoms with Crippen LogP contribution in [0.1, 0.15) is 11.1 Å². The van der Waals surface area contributed by atoms with Crippen molar-refractivity contribution in [3.63, 3.8) is 0 Å². The molecular weight excluding hydrogens is 314 g/mol. The molecule has 0 saturated carbocycles. The maximum absolute atomic E-state index is 11.9. The molecule has 0 radical (unpaired) electrons. The zero-order valence-corrected chi connectivity index (χ0v) is 13.1. The first-order valence-corrected chi connectivity index (χ1v) is 7.70. The van der Waals surface area contributed by atoms with Crippen LogP contribution in [0.25, 0.3) is 11.0 Å². The van der Waals surface area contributed by atoms with Crippen LogP contribution in [-0.4, -0.2) is 22.4 Å². The van der Waals surface area contributed by atoms with E-state index in [2.05, 4.69) is 15.3 Å². The quantitative estimate of drug-likeness (QED) is 0.672. The molecule has 0 aliphatic rings. The molecule has 0 saturated heterocycles. The van der Waals surface area contributed by atoms with Crippen LogP contribution in [0.15, 0.2) is 47.3 Å². The largest absolute Gasteiger partial charge is 0.355 e. The molecule has 23 heavy (non-hydrogen) atoms. The number of hydrogen-bond donors (Lipinski definition) is 3. The Balaban J connectivity index is 1.52. The Labute approximate surface area is 137 Å². The van der Waals surface area contributed by atoms with Gasteiger partial charge in [0.2, 0.25) is 5.91 Å². The average molecular weight is 330 g/mol. The second-order valence-corrected chi connectivity index (χ2v) is 5.80. The predicted octanol–water partition coefficient (Wildman–Crippen LogP) is 2.41. The maximum Gasteiger partial charge on any atom is 0.323 e. The summed E-state index contributed by atoms with van der Waals surface area (Å²) < 4.78 is 0. The van der Waals surface area contributed by atoms with Crippen LogP contribution in [0.5, 0.6) is 0 Å². The SMILES string of the molecule is O=C(Cc1ccc(Cl)cc1)NCCc1ccc2[nH]c(=O)[nH]c2c1. The number of carbonyl (C=O) groups is 1. The number of nitrogens with one attached hydrogen (secondary N) is 3. The van der Waals surface area contributed by atoms with Crippen molar-refractivity contribution in [2.24, 2.45) is 0 Å². The second kappa shape index (κ2) is 6.71.